The standard InChI is InChI=1S/C31H38N6O3PS/c1-35(2)41(36(3)4,37(5)6)40-29(38)28(34-39-7)27-23-42-30(32-27)33-31(24-17-11-8-12-18-24,25-19-13-9-14-20-25)26-21-15-10-16-22-26/h8-23H,1-7H3,(H,32,33)/q+1. The van der Waals surface area contributed by atoms with E-state index in [0.717, 1.165) is 16.7 Å². The molecule has 11 heteroatoms. The number of hydrogen-bond donors (Lipinski definition) is 1. The molecule has 0 saturated heterocycles. The van der Waals surface area contributed by atoms with Crippen LogP contribution in [0.2, 0.25) is 0 Å². The highest BCUT2D eigenvalue weighted by molar-refractivity contribution is 7.64. The molecule has 0 spiro atoms. The lowest BCUT2D eigenvalue weighted by atomic mass is 9.77. The Bertz CT molecular complexity index is 1360. The number of anilines is 1. The number of carbonyl (C=O) groups is 1. The van der Waals surface area contributed by atoms with Crippen molar-refractivity contribution in [2.24, 2.45) is 5.16 Å². The molecule has 0 bridgehead atoms. The zero-order chi connectivity index (χ0) is 30.3. The molecule has 42 heavy (non-hydrogen) atoms. The second-order valence-electron chi connectivity index (χ2n) is 10.1. The summed E-state index contributed by atoms with van der Waals surface area (Å²) in [7, 11) is 10.1. The zero-order valence-corrected chi connectivity index (χ0v) is 26.8. The van der Waals surface area contributed by atoms with E-state index >= 15 is 0 Å². The maximum absolute atomic E-state index is 13.7. The Hall–Kier alpha value is -3.66. The number of carbonyl (C=O) groups excluding carboxylic acids is 1. The van der Waals surface area contributed by atoms with Gasteiger partial charge in [0, 0.05) is 47.7 Å². The van der Waals surface area contributed by atoms with Gasteiger partial charge in [-0.1, -0.05) is 96.2 Å². The summed E-state index contributed by atoms with van der Waals surface area (Å²) >= 11 is 1.38. The van der Waals surface area contributed by atoms with Crippen LogP contribution in [-0.2, 0) is 19.7 Å². The van der Waals surface area contributed by atoms with Crippen molar-refractivity contribution in [1.82, 2.24) is 19.0 Å². The van der Waals surface area contributed by atoms with Gasteiger partial charge in [-0.25, -0.2) is 14.3 Å². The molecule has 0 aliphatic carbocycles. The number of benzene rings is 3. The molecule has 0 aliphatic rings. The predicted octanol–water partition coefficient (Wildman–Crippen LogP) is 5.80. The Morgan fingerprint density at radius 2 is 1.21 bits per heavy atom. The fraction of sp³-hybridized carbons (Fsp3) is 0.258. The third-order valence-corrected chi connectivity index (χ3v) is 11.1. The summed E-state index contributed by atoms with van der Waals surface area (Å²) in [5.41, 5.74) is 2.71. The molecule has 1 heterocycles. The fourth-order valence-corrected chi connectivity index (χ4v) is 8.83. The van der Waals surface area contributed by atoms with Crippen molar-refractivity contribution in [3.8, 4) is 0 Å². The number of aromatic nitrogens is 1. The molecule has 4 aromatic rings. The van der Waals surface area contributed by atoms with Gasteiger partial charge in [-0.2, -0.15) is 0 Å². The molecule has 1 aromatic heterocycles. The molecule has 4 rings (SSSR count). The lowest BCUT2D eigenvalue weighted by Crippen LogP contribution is -2.40. The molecule has 1 N–H and O–H groups in total. The predicted molar refractivity (Wildman–Crippen MR) is 173 cm³/mol. The molecular weight excluding hydrogens is 567 g/mol. The van der Waals surface area contributed by atoms with Crippen molar-refractivity contribution in [2.75, 3.05) is 54.7 Å². The summed E-state index contributed by atoms with van der Waals surface area (Å²) in [6, 6.07) is 30.8. The summed E-state index contributed by atoms with van der Waals surface area (Å²) < 4.78 is 11.9. The van der Waals surface area contributed by atoms with E-state index in [9.17, 15) is 4.79 Å². The molecule has 0 unspecified atom stereocenters. The largest absolute Gasteiger partial charge is 0.421 e. The van der Waals surface area contributed by atoms with Gasteiger partial charge in [0.1, 0.15) is 18.3 Å². The monoisotopic (exact) mass is 605 g/mol. The van der Waals surface area contributed by atoms with Gasteiger partial charge in [0.2, 0.25) is 5.71 Å². The molecule has 0 atom stereocenters. The molecule has 0 radical (unpaired) electrons. The number of thiazole rings is 1. The minimum atomic E-state index is -2.64. The van der Waals surface area contributed by atoms with E-state index in [0.29, 0.717) is 10.8 Å². The van der Waals surface area contributed by atoms with Crippen LogP contribution in [0.25, 0.3) is 0 Å². The quantitative estimate of drug-likeness (QED) is 0.0939. The van der Waals surface area contributed by atoms with E-state index in [1.165, 1.54) is 18.4 Å². The van der Waals surface area contributed by atoms with Crippen LogP contribution in [0.5, 0.6) is 0 Å². The molecule has 0 amide bonds. The molecule has 9 nitrogen and oxygen atoms in total. The van der Waals surface area contributed by atoms with Crippen LogP contribution in [0.4, 0.5) is 5.13 Å². The summed E-state index contributed by atoms with van der Waals surface area (Å²) in [4.78, 5) is 23.6. The fourth-order valence-electron chi connectivity index (χ4n) is 5.13. The Kier molecular flexibility index (Phi) is 10.1. The van der Waals surface area contributed by atoms with E-state index < -0.39 is 19.4 Å². The minimum absolute atomic E-state index is 0.0125. The van der Waals surface area contributed by atoms with Crippen LogP contribution in [0.15, 0.2) is 102 Å². The highest BCUT2D eigenvalue weighted by Crippen LogP contribution is 2.64. The van der Waals surface area contributed by atoms with Crippen LogP contribution < -0.4 is 5.32 Å². The third-order valence-electron chi connectivity index (χ3n) is 6.81. The maximum atomic E-state index is 13.7. The van der Waals surface area contributed by atoms with Crippen molar-refractivity contribution in [3.05, 3.63) is 119 Å². The van der Waals surface area contributed by atoms with E-state index in [2.05, 4.69) is 46.9 Å². The normalized spacial score (nSPS) is 12.6. The maximum Gasteiger partial charge on any atom is 0.421 e. The van der Waals surface area contributed by atoms with Crippen molar-refractivity contribution in [1.29, 1.82) is 0 Å². The number of hydrogen-bond acceptors (Lipinski definition) is 10. The third kappa shape index (κ3) is 6.09. The number of nitrogens with one attached hydrogen (secondary N) is 1. The SMILES string of the molecule is CON=C(C(=O)O[P+](N(C)C)(N(C)C)N(C)C)c1csc(NC(c2ccccc2)(c2ccccc2)c2ccccc2)n1. The van der Waals surface area contributed by atoms with Crippen molar-refractivity contribution in [3.63, 3.8) is 0 Å². The van der Waals surface area contributed by atoms with Gasteiger partial charge in [-0.05, 0) is 16.7 Å². The first-order valence-corrected chi connectivity index (χ1v) is 15.8. The molecule has 0 aliphatic heterocycles. The average molecular weight is 606 g/mol. The summed E-state index contributed by atoms with van der Waals surface area (Å²) in [5.74, 6) is -0.626. The first kappa shape index (κ1) is 31.3. The lowest BCUT2D eigenvalue weighted by Gasteiger charge is -2.36. The molecule has 3 aromatic carbocycles. The van der Waals surface area contributed by atoms with E-state index in [-0.39, 0.29) is 5.71 Å². The average Bonchev–Trinajstić information content (AvgIpc) is 3.46. The number of rotatable bonds is 12. The van der Waals surface area contributed by atoms with Gasteiger partial charge < -0.3 is 10.2 Å². The zero-order valence-electron chi connectivity index (χ0n) is 25.1. The van der Waals surface area contributed by atoms with Gasteiger partial charge in [0.05, 0.1) is 0 Å². The van der Waals surface area contributed by atoms with E-state index in [1.807, 2.05) is 111 Å². The second kappa shape index (κ2) is 13.5. The van der Waals surface area contributed by atoms with Crippen molar-refractivity contribution < 1.29 is 14.2 Å². The number of oxime groups is 1. The van der Waals surface area contributed by atoms with Crippen LogP contribution in [0.3, 0.4) is 0 Å². The van der Waals surface area contributed by atoms with Gasteiger partial charge in [-0.3, -0.25) is 0 Å². The Morgan fingerprint density at radius 3 is 1.60 bits per heavy atom. The van der Waals surface area contributed by atoms with Gasteiger partial charge in [0.15, 0.2) is 5.13 Å². The van der Waals surface area contributed by atoms with Gasteiger partial charge in [0.25, 0.3) is 0 Å². The van der Waals surface area contributed by atoms with E-state index in [4.69, 9.17) is 14.3 Å². The Labute approximate surface area is 253 Å². The highest BCUT2D eigenvalue weighted by Gasteiger charge is 2.54. The summed E-state index contributed by atoms with van der Waals surface area (Å²) in [6.07, 6.45) is 0. The lowest BCUT2D eigenvalue weighted by molar-refractivity contribution is -0.127. The molecule has 0 saturated carbocycles. The Morgan fingerprint density at radius 1 is 0.786 bits per heavy atom. The second-order valence-corrected chi connectivity index (χ2v) is 14.5. The summed E-state index contributed by atoms with van der Waals surface area (Å²) in [6.45, 7) is 0. The van der Waals surface area contributed by atoms with Crippen LogP contribution in [-0.4, -0.2) is 80.1 Å². The molecule has 0 fully saturated rings. The van der Waals surface area contributed by atoms with Crippen LogP contribution >= 0.6 is 19.3 Å². The van der Waals surface area contributed by atoms with Crippen LogP contribution in [0, 0.1) is 0 Å². The van der Waals surface area contributed by atoms with E-state index in [1.54, 1.807) is 5.38 Å². The highest BCUT2D eigenvalue weighted by atomic mass is 32.1. The topological polar surface area (TPSA) is 82.5 Å². The Balaban J connectivity index is 1.79. The molecular formula is C31H38N6O3PS+. The van der Waals surface area contributed by atoms with Gasteiger partial charge >= 0.3 is 13.9 Å². The van der Waals surface area contributed by atoms with Crippen molar-refractivity contribution in [2.45, 2.75) is 5.54 Å². The first-order chi connectivity index (χ1) is 20.2. The van der Waals surface area contributed by atoms with Crippen LogP contribution in [0.1, 0.15) is 22.4 Å². The number of nitrogens with zero attached hydrogens (tertiary/aromatic N) is 5. The molecule has 220 valence electrons. The van der Waals surface area contributed by atoms with Crippen molar-refractivity contribution >= 4 is 36.1 Å². The smallest absolute Gasteiger partial charge is 0.398 e. The minimum Gasteiger partial charge on any atom is -0.398 e. The van der Waals surface area contributed by atoms with Gasteiger partial charge in [-0.15, -0.1) is 25.3 Å². The first-order valence-electron chi connectivity index (χ1n) is 13.3. The summed E-state index contributed by atoms with van der Waals surface area (Å²) in [5, 5.41) is 10.2.